The van der Waals surface area contributed by atoms with E-state index in [0.29, 0.717) is 0 Å². The highest BCUT2D eigenvalue weighted by molar-refractivity contribution is 5.60. The van der Waals surface area contributed by atoms with Gasteiger partial charge in [0, 0.05) is 13.1 Å². The van der Waals surface area contributed by atoms with Gasteiger partial charge in [-0.1, -0.05) is 13.0 Å². The number of anilines is 1. The van der Waals surface area contributed by atoms with Crippen LogP contribution in [0.3, 0.4) is 0 Å². The van der Waals surface area contributed by atoms with Gasteiger partial charge in [-0.3, -0.25) is 0 Å². The summed E-state index contributed by atoms with van der Waals surface area (Å²) in [5.41, 5.74) is 3.08. The normalized spacial score (nSPS) is 17.2. The highest BCUT2D eigenvalue weighted by atomic mass is 15.1. The van der Waals surface area contributed by atoms with Crippen LogP contribution in [0.2, 0.25) is 0 Å². The lowest BCUT2D eigenvalue weighted by atomic mass is 9.98. The summed E-state index contributed by atoms with van der Waals surface area (Å²) >= 11 is 0. The van der Waals surface area contributed by atoms with Crippen molar-refractivity contribution in [2.45, 2.75) is 26.7 Å². The molecule has 0 N–H and O–H groups in total. The first-order chi connectivity index (χ1) is 7.70. The number of aryl methyl sites for hydroxylation is 1. The summed E-state index contributed by atoms with van der Waals surface area (Å²) in [6, 6.07) is 8.46. The van der Waals surface area contributed by atoms with Crippen molar-refractivity contribution in [2.24, 2.45) is 5.92 Å². The van der Waals surface area contributed by atoms with Crippen molar-refractivity contribution in [3.8, 4) is 6.07 Å². The van der Waals surface area contributed by atoms with Crippen LogP contribution in [0.5, 0.6) is 0 Å². The summed E-state index contributed by atoms with van der Waals surface area (Å²) in [7, 11) is 0. The second-order valence-corrected chi connectivity index (χ2v) is 4.80. The molecule has 1 aliphatic rings. The largest absolute Gasteiger partial charge is 0.370 e. The molecular weight excluding hydrogens is 196 g/mol. The van der Waals surface area contributed by atoms with Crippen molar-refractivity contribution in [3.05, 3.63) is 29.3 Å². The highest BCUT2D eigenvalue weighted by Gasteiger charge is 2.18. The predicted octanol–water partition coefficient (Wildman–Crippen LogP) is 3.10. The minimum absolute atomic E-state index is 0.814. The van der Waals surface area contributed by atoms with Gasteiger partial charge in [-0.05, 0) is 43.4 Å². The van der Waals surface area contributed by atoms with Crippen molar-refractivity contribution in [1.82, 2.24) is 0 Å². The van der Waals surface area contributed by atoms with Crippen LogP contribution in [-0.4, -0.2) is 13.1 Å². The predicted molar refractivity (Wildman–Crippen MR) is 66.5 cm³/mol. The summed E-state index contributed by atoms with van der Waals surface area (Å²) in [5.74, 6) is 0.826. The molecule has 1 aliphatic heterocycles. The Bertz CT molecular complexity index is 409. The zero-order chi connectivity index (χ0) is 11.5. The number of rotatable bonds is 1. The summed E-state index contributed by atoms with van der Waals surface area (Å²) < 4.78 is 0. The van der Waals surface area contributed by atoms with Crippen molar-refractivity contribution < 1.29 is 0 Å². The molecule has 1 heterocycles. The molecule has 84 valence electrons. The van der Waals surface area contributed by atoms with E-state index in [-0.39, 0.29) is 0 Å². The van der Waals surface area contributed by atoms with Crippen LogP contribution in [0.4, 0.5) is 5.69 Å². The maximum atomic E-state index is 9.15. The zero-order valence-electron chi connectivity index (χ0n) is 10.0. The third-order valence-electron chi connectivity index (χ3n) is 3.40. The lowest BCUT2D eigenvalue weighted by molar-refractivity contribution is 0.438. The quantitative estimate of drug-likeness (QED) is 0.718. The summed E-state index contributed by atoms with van der Waals surface area (Å²) in [5, 5.41) is 9.15. The van der Waals surface area contributed by atoms with Crippen molar-refractivity contribution in [3.63, 3.8) is 0 Å². The Kier molecular flexibility index (Phi) is 3.14. The lowest BCUT2D eigenvalue weighted by Gasteiger charge is -2.32. The van der Waals surface area contributed by atoms with Crippen molar-refractivity contribution >= 4 is 5.69 Å². The minimum Gasteiger partial charge on any atom is -0.370 e. The summed E-state index contributed by atoms with van der Waals surface area (Å²) in [6.45, 7) is 6.50. The van der Waals surface area contributed by atoms with Gasteiger partial charge in [0.15, 0.2) is 0 Å². The Balaban J connectivity index is 2.24. The van der Waals surface area contributed by atoms with E-state index in [1.807, 2.05) is 13.0 Å². The number of benzene rings is 1. The molecule has 2 nitrogen and oxygen atoms in total. The van der Waals surface area contributed by atoms with Gasteiger partial charge < -0.3 is 4.90 Å². The van der Waals surface area contributed by atoms with E-state index in [1.165, 1.54) is 12.8 Å². The number of nitrogens with zero attached hydrogens (tertiary/aromatic N) is 2. The number of nitriles is 1. The van der Waals surface area contributed by atoms with E-state index >= 15 is 0 Å². The standard InChI is InChI=1S/C14H18N2/c1-11-5-7-16(8-6-11)14-4-3-12(2)9-13(14)10-15/h3-4,9,11H,5-8H2,1-2H3. The van der Waals surface area contributed by atoms with Gasteiger partial charge in [-0.25, -0.2) is 0 Å². The molecule has 1 saturated heterocycles. The van der Waals surface area contributed by atoms with Gasteiger partial charge in [-0.15, -0.1) is 0 Å². The van der Waals surface area contributed by atoms with Crippen molar-refractivity contribution in [2.75, 3.05) is 18.0 Å². The smallest absolute Gasteiger partial charge is 0.101 e. The number of piperidine rings is 1. The first-order valence-corrected chi connectivity index (χ1v) is 5.96. The second kappa shape index (κ2) is 4.57. The molecule has 0 saturated carbocycles. The van der Waals surface area contributed by atoms with Crippen LogP contribution in [0, 0.1) is 24.2 Å². The Morgan fingerprint density at radius 2 is 2.00 bits per heavy atom. The maximum Gasteiger partial charge on any atom is 0.101 e. The van der Waals surface area contributed by atoms with Crippen LogP contribution in [0.25, 0.3) is 0 Å². The Labute approximate surface area is 97.5 Å². The molecule has 2 heteroatoms. The monoisotopic (exact) mass is 214 g/mol. The topological polar surface area (TPSA) is 27.0 Å². The first-order valence-electron chi connectivity index (χ1n) is 5.96. The molecular formula is C14H18N2. The van der Waals surface area contributed by atoms with Crippen LogP contribution >= 0.6 is 0 Å². The molecule has 1 aromatic rings. The SMILES string of the molecule is Cc1ccc(N2CCC(C)CC2)c(C#N)c1. The minimum atomic E-state index is 0.814. The van der Waals surface area contributed by atoms with Gasteiger partial charge in [0.2, 0.25) is 0 Å². The fourth-order valence-electron chi connectivity index (χ4n) is 2.26. The first kappa shape index (κ1) is 11.0. The van der Waals surface area contributed by atoms with Gasteiger partial charge >= 0.3 is 0 Å². The molecule has 16 heavy (non-hydrogen) atoms. The van der Waals surface area contributed by atoms with Crippen molar-refractivity contribution in [1.29, 1.82) is 5.26 Å². The molecule has 0 radical (unpaired) electrons. The highest BCUT2D eigenvalue weighted by Crippen LogP contribution is 2.26. The molecule has 0 bridgehead atoms. The molecule has 0 aromatic heterocycles. The maximum absolute atomic E-state index is 9.15. The third-order valence-corrected chi connectivity index (χ3v) is 3.40. The van der Waals surface area contributed by atoms with Crippen LogP contribution < -0.4 is 4.90 Å². The Hall–Kier alpha value is -1.49. The van der Waals surface area contributed by atoms with E-state index in [9.17, 15) is 0 Å². The average Bonchev–Trinajstić information content (AvgIpc) is 2.30. The molecule has 0 aliphatic carbocycles. The van der Waals surface area contributed by atoms with Crippen LogP contribution in [0.15, 0.2) is 18.2 Å². The third kappa shape index (κ3) is 2.19. The van der Waals surface area contributed by atoms with E-state index in [2.05, 4.69) is 30.0 Å². The molecule has 2 rings (SSSR count). The fraction of sp³-hybridized carbons (Fsp3) is 0.500. The van der Waals surface area contributed by atoms with E-state index in [1.54, 1.807) is 0 Å². The van der Waals surface area contributed by atoms with E-state index < -0.39 is 0 Å². The van der Waals surface area contributed by atoms with Crippen LogP contribution in [-0.2, 0) is 0 Å². The van der Waals surface area contributed by atoms with Crippen LogP contribution in [0.1, 0.15) is 30.9 Å². The molecule has 1 fully saturated rings. The van der Waals surface area contributed by atoms with Gasteiger partial charge in [0.25, 0.3) is 0 Å². The lowest BCUT2D eigenvalue weighted by Crippen LogP contribution is -2.33. The van der Waals surface area contributed by atoms with Gasteiger partial charge in [-0.2, -0.15) is 5.26 Å². The van der Waals surface area contributed by atoms with E-state index in [4.69, 9.17) is 5.26 Å². The molecule has 1 aromatic carbocycles. The number of hydrogen-bond acceptors (Lipinski definition) is 2. The molecule has 0 unspecified atom stereocenters. The fourth-order valence-corrected chi connectivity index (χ4v) is 2.26. The summed E-state index contributed by atoms with van der Waals surface area (Å²) in [6.07, 6.45) is 2.47. The van der Waals surface area contributed by atoms with Gasteiger partial charge in [0.1, 0.15) is 6.07 Å². The van der Waals surface area contributed by atoms with Gasteiger partial charge in [0.05, 0.1) is 11.3 Å². The zero-order valence-corrected chi connectivity index (χ0v) is 10.0. The molecule has 0 atom stereocenters. The average molecular weight is 214 g/mol. The number of hydrogen-bond donors (Lipinski definition) is 0. The van der Waals surface area contributed by atoms with E-state index in [0.717, 1.165) is 35.8 Å². The molecule has 0 amide bonds. The second-order valence-electron chi connectivity index (χ2n) is 4.80. The molecule has 0 spiro atoms. The summed E-state index contributed by atoms with van der Waals surface area (Å²) in [4.78, 5) is 2.35. The Morgan fingerprint density at radius 3 is 2.62 bits per heavy atom. The Morgan fingerprint density at radius 1 is 1.31 bits per heavy atom.